The van der Waals surface area contributed by atoms with Gasteiger partial charge in [-0.25, -0.2) is 4.98 Å². The lowest BCUT2D eigenvalue weighted by molar-refractivity contribution is -0.114. The summed E-state index contributed by atoms with van der Waals surface area (Å²) < 4.78 is 6.36. The highest BCUT2D eigenvalue weighted by Crippen LogP contribution is 2.28. The van der Waals surface area contributed by atoms with Crippen molar-refractivity contribution in [3.63, 3.8) is 0 Å². The van der Waals surface area contributed by atoms with Crippen LogP contribution in [-0.2, 0) is 9.53 Å². The number of aromatic nitrogens is 2. The maximum Gasteiger partial charge on any atom is 0.231 e. The number of nitrogens with zero attached hydrogens (tertiary/aromatic N) is 3. The quantitative estimate of drug-likeness (QED) is 0.898. The molecular weight excluding hydrogens is 336 g/mol. The molecule has 0 spiro atoms. The number of hydrogen-bond acceptors (Lipinski definition) is 5. The Morgan fingerprint density at radius 2 is 2.10 bits per heavy atom. The predicted molar refractivity (Wildman–Crippen MR) is 84.6 cm³/mol. The molecule has 1 aromatic carbocycles. The van der Waals surface area contributed by atoms with E-state index in [4.69, 9.17) is 4.74 Å². The van der Waals surface area contributed by atoms with Crippen LogP contribution in [0.4, 0.5) is 11.8 Å². The highest BCUT2D eigenvalue weighted by atomic mass is 79.9. The van der Waals surface area contributed by atoms with Crippen molar-refractivity contribution < 1.29 is 9.53 Å². The number of fused-ring (bicyclic) bond motifs is 1. The van der Waals surface area contributed by atoms with Crippen molar-refractivity contribution in [2.75, 3.05) is 36.5 Å². The Labute approximate surface area is 130 Å². The van der Waals surface area contributed by atoms with Crippen LogP contribution >= 0.6 is 15.9 Å². The van der Waals surface area contributed by atoms with Gasteiger partial charge in [-0.05, 0) is 18.2 Å². The van der Waals surface area contributed by atoms with E-state index >= 15 is 0 Å². The number of hydrogen-bond donors (Lipinski definition) is 1. The van der Waals surface area contributed by atoms with E-state index in [0.717, 1.165) is 34.3 Å². The fourth-order valence-corrected chi connectivity index (χ4v) is 2.68. The number of nitrogens with one attached hydrogen (secondary N) is 1. The number of carbonyl (C=O) groups is 1. The van der Waals surface area contributed by atoms with Gasteiger partial charge in [0.1, 0.15) is 5.82 Å². The molecule has 1 amide bonds. The zero-order valence-electron chi connectivity index (χ0n) is 11.6. The highest BCUT2D eigenvalue weighted by Gasteiger charge is 2.18. The van der Waals surface area contributed by atoms with Crippen LogP contribution in [0, 0.1) is 0 Å². The predicted octanol–water partition coefficient (Wildman–Crippen LogP) is 2.19. The van der Waals surface area contributed by atoms with E-state index < -0.39 is 0 Å². The van der Waals surface area contributed by atoms with Crippen LogP contribution in [-0.4, -0.2) is 42.2 Å². The van der Waals surface area contributed by atoms with Crippen LogP contribution in [0.5, 0.6) is 0 Å². The van der Waals surface area contributed by atoms with Gasteiger partial charge in [-0.1, -0.05) is 15.9 Å². The fraction of sp³-hybridized carbons (Fsp3) is 0.357. The Kier molecular flexibility index (Phi) is 4.03. The summed E-state index contributed by atoms with van der Waals surface area (Å²) in [5.74, 6) is 0.978. The minimum absolute atomic E-state index is 0.181. The molecule has 0 radical (unpaired) electrons. The topological polar surface area (TPSA) is 67.4 Å². The smallest absolute Gasteiger partial charge is 0.231 e. The number of ether oxygens (including phenoxy) is 1. The van der Waals surface area contributed by atoms with E-state index in [1.165, 1.54) is 6.92 Å². The van der Waals surface area contributed by atoms with Gasteiger partial charge in [0.25, 0.3) is 0 Å². The van der Waals surface area contributed by atoms with Gasteiger partial charge < -0.3 is 9.64 Å². The van der Waals surface area contributed by atoms with Crippen molar-refractivity contribution in [3.05, 3.63) is 22.7 Å². The van der Waals surface area contributed by atoms with Gasteiger partial charge in [-0.3, -0.25) is 10.1 Å². The molecule has 7 heteroatoms. The molecule has 1 aliphatic heterocycles. The Balaban J connectivity index is 2.12. The molecule has 110 valence electrons. The number of benzene rings is 1. The van der Waals surface area contributed by atoms with Crippen molar-refractivity contribution in [2.24, 2.45) is 0 Å². The molecule has 1 saturated heterocycles. The molecule has 0 aliphatic carbocycles. The van der Waals surface area contributed by atoms with Gasteiger partial charge >= 0.3 is 0 Å². The lowest BCUT2D eigenvalue weighted by Crippen LogP contribution is -2.37. The van der Waals surface area contributed by atoms with E-state index in [1.807, 2.05) is 18.2 Å². The Hall–Kier alpha value is -1.73. The van der Waals surface area contributed by atoms with Crippen LogP contribution in [0.1, 0.15) is 6.92 Å². The number of morpholine rings is 1. The number of anilines is 2. The number of carbonyl (C=O) groups excluding carboxylic acids is 1. The molecule has 1 fully saturated rings. The van der Waals surface area contributed by atoms with Crippen molar-refractivity contribution in [1.82, 2.24) is 9.97 Å². The minimum atomic E-state index is -0.181. The first kappa shape index (κ1) is 14.2. The SMILES string of the molecule is CC(=O)Nc1nc(N2CCOCC2)c2cc(Br)ccc2n1. The minimum Gasteiger partial charge on any atom is -0.378 e. The van der Waals surface area contributed by atoms with Crippen LogP contribution in [0.25, 0.3) is 10.9 Å². The summed E-state index contributed by atoms with van der Waals surface area (Å²) in [6.07, 6.45) is 0. The number of halogens is 1. The van der Waals surface area contributed by atoms with E-state index in [2.05, 4.69) is 36.1 Å². The van der Waals surface area contributed by atoms with E-state index in [1.54, 1.807) is 0 Å². The van der Waals surface area contributed by atoms with E-state index in [0.29, 0.717) is 19.2 Å². The molecule has 0 atom stereocenters. The molecule has 1 aliphatic rings. The first-order valence-electron chi connectivity index (χ1n) is 6.71. The van der Waals surface area contributed by atoms with Crippen LogP contribution < -0.4 is 10.2 Å². The summed E-state index contributed by atoms with van der Waals surface area (Å²) in [5.41, 5.74) is 0.804. The Morgan fingerprint density at radius 3 is 2.81 bits per heavy atom. The average Bonchev–Trinajstić information content (AvgIpc) is 2.47. The molecule has 0 bridgehead atoms. The molecule has 1 aromatic heterocycles. The second kappa shape index (κ2) is 5.95. The van der Waals surface area contributed by atoms with Gasteiger partial charge in [-0.15, -0.1) is 0 Å². The maximum atomic E-state index is 11.3. The summed E-state index contributed by atoms with van der Waals surface area (Å²) >= 11 is 3.48. The highest BCUT2D eigenvalue weighted by molar-refractivity contribution is 9.10. The molecule has 0 unspecified atom stereocenters. The third-order valence-corrected chi connectivity index (χ3v) is 3.73. The zero-order valence-corrected chi connectivity index (χ0v) is 13.2. The average molecular weight is 351 g/mol. The first-order valence-corrected chi connectivity index (χ1v) is 7.50. The molecule has 2 aromatic rings. The van der Waals surface area contributed by atoms with Gasteiger partial charge in [0, 0.05) is 29.9 Å². The van der Waals surface area contributed by atoms with Crippen molar-refractivity contribution >= 4 is 44.5 Å². The largest absolute Gasteiger partial charge is 0.378 e. The molecule has 3 rings (SSSR count). The van der Waals surface area contributed by atoms with E-state index in [-0.39, 0.29) is 5.91 Å². The summed E-state index contributed by atoms with van der Waals surface area (Å²) in [6, 6.07) is 5.84. The van der Waals surface area contributed by atoms with Crippen molar-refractivity contribution in [1.29, 1.82) is 0 Å². The third kappa shape index (κ3) is 3.14. The summed E-state index contributed by atoms with van der Waals surface area (Å²) in [6.45, 7) is 4.35. The Bertz CT molecular complexity index is 686. The van der Waals surface area contributed by atoms with Gasteiger partial charge in [0.2, 0.25) is 11.9 Å². The van der Waals surface area contributed by atoms with Gasteiger partial charge in [0.15, 0.2) is 0 Å². The maximum absolute atomic E-state index is 11.3. The van der Waals surface area contributed by atoms with Crippen LogP contribution in [0.15, 0.2) is 22.7 Å². The Morgan fingerprint density at radius 1 is 1.33 bits per heavy atom. The summed E-state index contributed by atoms with van der Waals surface area (Å²) in [7, 11) is 0. The lowest BCUT2D eigenvalue weighted by Gasteiger charge is -2.29. The third-order valence-electron chi connectivity index (χ3n) is 3.24. The van der Waals surface area contributed by atoms with Gasteiger partial charge in [0.05, 0.1) is 18.7 Å². The monoisotopic (exact) mass is 350 g/mol. The molecule has 0 saturated carbocycles. The summed E-state index contributed by atoms with van der Waals surface area (Å²) in [5, 5.41) is 3.62. The number of amides is 1. The molecule has 1 N–H and O–H groups in total. The number of rotatable bonds is 2. The standard InChI is InChI=1S/C14H15BrN4O2/c1-9(20)16-14-17-12-3-2-10(15)8-11(12)13(18-14)19-4-6-21-7-5-19/h2-3,8H,4-7H2,1H3,(H,16,17,18,20). The lowest BCUT2D eigenvalue weighted by atomic mass is 10.2. The fourth-order valence-electron chi connectivity index (χ4n) is 2.31. The van der Waals surface area contributed by atoms with Crippen LogP contribution in [0.3, 0.4) is 0 Å². The molecular formula is C14H15BrN4O2. The first-order chi connectivity index (χ1) is 10.1. The zero-order chi connectivity index (χ0) is 14.8. The molecule has 21 heavy (non-hydrogen) atoms. The van der Waals surface area contributed by atoms with Crippen molar-refractivity contribution in [2.45, 2.75) is 6.92 Å². The van der Waals surface area contributed by atoms with Crippen LogP contribution in [0.2, 0.25) is 0 Å². The second-order valence-electron chi connectivity index (χ2n) is 4.81. The summed E-state index contributed by atoms with van der Waals surface area (Å²) in [4.78, 5) is 22.3. The molecule has 2 heterocycles. The second-order valence-corrected chi connectivity index (χ2v) is 5.73. The van der Waals surface area contributed by atoms with E-state index in [9.17, 15) is 4.79 Å². The van der Waals surface area contributed by atoms with Crippen molar-refractivity contribution in [3.8, 4) is 0 Å². The normalized spacial score (nSPS) is 15.2. The molecule has 6 nitrogen and oxygen atoms in total. The van der Waals surface area contributed by atoms with Gasteiger partial charge in [-0.2, -0.15) is 4.98 Å².